The Morgan fingerprint density at radius 1 is 0.810 bits per heavy atom. The number of hydrogen-bond acceptors (Lipinski definition) is 1. The van der Waals surface area contributed by atoms with Gasteiger partial charge in [-0.3, -0.25) is 0 Å². The average molecular weight is 295 g/mol. The van der Waals surface area contributed by atoms with Crippen LogP contribution in [0.15, 0.2) is 0 Å². The molecule has 0 aromatic carbocycles. The zero-order valence-corrected chi connectivity index (χ0v) is 14.6. The summed E-state index contributed by atoms with van der Waals surface area (Å²) in [5.74, 6) is 3.06. The molecule has 2 rings (SSSR count). The smallest absolute Gasteiger partial charge is 0.0577 e. The van der Waals surface area contributed by atoms with Crippen molar-refractivity contribution in [2.75, 3.05) is 6.61 Å². The maximum Gasteiger partial charge on any atom is 0.0577 e. The summed E-state index contributed by atoms with van der Waals surface area (Å²) in [5, 5.41) is 0. The Balaban J connectivity index is 1.66. The molecule has 2 fully saturated rings. The van der Waals surface area contributed by atoms with Crippen LogP contribution in [0.2, 0.25) is 0 Å². The van der Waals surface area contributed by atoms with Crippen molar-refractivity contribution in [1.29, 1.82) is 0 Å². The summed E-state index contributed by atoms with van der Waals surface area (Å²) in [4.78, 5) is 0. The third-order valence-electron chi connectivity index (χ3n) is 6.02. The Labute approximate surface area is 133 Å². The second-order valence-electron chi connectivity index (χ2n) is 7.70. The largest absolute Gasteiger partial charge is 0.378 e. The predicted octanol–water partition coefficient (Wildman–Crippen LogP) is 6.36. The summed E-state index contributed by atoms with van der Waals surface area (Å²) in [6.45, 7) is 5.62. The number of hydrogen-bond donors (Lipinski definition) is 0. The number of ether oxygens (including phenoxy) is 1. The van der Waals surface area contributed by atoms with Gasteiger partial charge >= 0.3 is 0 Å². The molecule has 0 radical (unpaired) electrons. The molecule has 0 aromatic rings. The lowest BCUT2D eigenvalue weighted by Crippen LogP contribution is -2.30. The van der Waals surface area contributed by atoms with Gasteiger partial charge in [-0.15, -0.1) is 0 Å². The Bertz CT molecular complexity index is 255. The van der Waals surface area contributed by atoms with Crippen LogP contribution in [0, 0.1) is 17.8 Å². The molecule has 0 bridgehead atoms. The molecule has 1 nitrogen and oxygen atoms in total. The molecule has 0 heterocycles. The normalized spacial score (nSPS) is 34.0. The first-order chi connectivity index (χ1) is 10.3. The number of unbranched alkanes of at least 4 members (excludes halogenated alkanes) is 2. The molecule has 1 heteroatoms. The fourth-order valence-electron chi connectivity index (χ4n) is 4.72. The quantitative estimate of drug-likeness (QED) is 0.473. The van der Waals surface area contributed by atoms with E-state index in [1.54, 1.807) is 0 Å². The predicted molar refractivity (Wildman–Crippen MR) is 91.6 cm³/mol. The lowest BCUT2D eigenvalue weighted by Gasteiger charge is -2.38. The molecule has 0 aromatic heterocycles. The summed E-state index contributed by atoms with van der Waals surface area (Å²) in [7, 11) is 0. The summed E-state index contributed by atoms with van der Waals surface area (Å²) >= 11 is 0. The van der Waals surface area contributed by atoms with Crippen molar-refractivity contribution in [2.45, 2.75) is 103 Å². The van der Waals surface area contributed by atoms with Crippen LogP contribution in [0.4, 0.5) is 0 Å². The van der Waals surface area contributed by atoms with E-state index in [0.717, 1.165) is 24.4 Å². The van der Waals surface area contributed by atoms with Crippen LogP contribution in [0.25, 0.3) is 0 Å². The van der Waals surface area contributed by atoms with Gasteiger partial charge in [-0.1, -0.05) is 58.8 Å². The van der Waals surface area contributed by atoms with Gasteiger partial charge in [0.05, 0.1) is 6.10 Å². The van der Waals surface area contributed by atoms with E-state index in [4.69, 9.17) is 4.74 Å². The molecule has 0 aliphatic heterocycles. The van der Waals surface area contributed by atoms with Crippen LogP contribution in [0.5, 0.6) is 0 Å². The minimum atomic E-state index is 0.592. The molecular formula is C20H38O. The van der Waals surface area contributed by atoms with Crippen molar-refractivity contribution < 1.29 is 4.74 Å². The van der Waals surface area contributed by atoms with E-state index in [1.165, 1.54) is 83.5 Å². The van der Waals surface area contributed by atoms with Gasteiger partial charge in [-0.25, -0.2) is 0 Å². The van der Waals surface area contributed by atoms with E-state index >= 15 is 0 Å². The van der Waals surface area contributed by atoms with Gasteiger partial charge in [0, 0.05) is 6.61 Å². The highest BCUT2D eigenvalue weighted by atomic mass is 16.5. The van der Waals surface area contributed by atoms with E-state index in [2.05, 4.69) is 13.8 Å². The first kappa shape index (κ1) is 17.3. The molecule has 2 saturated carbocycles. The van der Waals surface area contributed by atoms with Crippen molar-refractivity contribution in [2.24, 2.45) is 17.8 Å². The molecule has 0 amide bonds. The highest BCUT2D eigenvalue weighted by Gasteiger charge is 2.31. The molecule has 0 unspecified atom stereocenters. The van der Waals surface area contributed by atoms with Gasteiger partial charge < -0.3 is 4.74 Å². The van der Waals surface area contributed by atoms with Gasteiger partial charge in [-0.2, -0.15) is 0 Å². The van der Waals surface area contributed by atoms with Crippen molar-refractivity contribution >= 4 is 0 Å². The molecule has 2 aliphatic carbocycles. The Kier molecular flexibility index (Phi) is 8.14. The van der Waals surface area contributed by atoms with Gasteiger partial charge in [0.15, 0.2) is 0 Å². The van der Waals surface area contributed by atoms with Crippen LogP contribution in [0.1, 0.15) is 97.3 Å². The topological polar surface area (TPSA) is 9.23 Å². The summed E-state index contributed by atoms with van der Waals surface area (Å²) in [6, 6.07) is 0. The van der Waals surface area contributed by atoms with E-state index in [0.29, 0.717) is 6.10 Å². The summed E-state index contributed by atoms with van der Waals surface area (Å²) in [5.41, 5.74) is 0. The molecular weight excluding hydrogens is 256 g/mol. The third-order valence-corrected chi connectivity index (χ3v) is 6.02. The minimum absolute atomic E-state index is 0.592. The maximum atomic E-state index is 6.17. The van der Waals surface area contributed by atoms with Crippen LogP contribution in [-0.2, 0) is 4.74 Å². The highest BCUT2D eigenvalue weighted by Crippen LogP contribution is 2.41. The lowest BCUT2D eigenvalue weighted by atomic mass is 9.70. The van der Waals surface area contributed by atoms with Gasteiger partial charge in [-0.05, 0) is 56.3 Å². The van der Waals surface area contributed by atoms with Crippen LogP contribution < -0.4 is 0 Å². The zero-order chi connectivity index (χ0) is 14.9. The van der Waals surface area contributed by atoms with Crippen molar-refractivity contribution in [1.82, 2.24) is 0 Å². The van der Waals surface area contributed by atoms with E-state index in [9.17, 15) is 0 Å². The van der Waals surface area contributed by atoms with Crippen LogP contribution in [-0.4, -0.2) is 12.7 Å². The van der Waals surface area contributed by atoms with E-state index in [-0.39, 0.29) is 0 Å². The Morgan fingerprint density at radius 2 is 1.62 bits per heavy atom. The van der Waals surface area contributed by atoms with Gasteiger partial charge in [0.1, 0.15) is 0 Å². The zero-order valence-electron chi connectivity index (χ0n) is 14.6. The van der Waals surface area contributed by atoms with Crippen molar-refractivity contribution in [3.05, 3.63) is 0 Å². The summed E-state index contributed by atoms with van der Waals surface area (Å²) in [6.07, 6.45) is 19.0. The molecule has 2 aliphatic rings. The molecule has 124 valence electrons. The maximum absolute atomic E-state index is 6.17. The lowest BCUT2D eigenvalue weighted by molar-refractivity contribution is -0.00356. The molecule has 2 atom stereocenters. The first-order valence-electron chi connectivity index (χ1n) is 9.95. The average Bonchev–Trinajstić information content (AvgIpc) is 2.53. The van der Waals surface area contributed by atoms with Crippen LogP contribution >= 0.6 is 0 Å². The Morgan fingerprint density at radius 3 is 2.33 bits per heavy atom. The molecule has 21 heavy (non-hydrogen) atoms. The van der Waals surface area contributed by atoms with Crippen LogP contribution in [0.3, 0.4) is 0 Å². The third kappa shape index (κ3) is 5.93. The monoisotopic (exact) mass is 294 g/mol. The Hall–Kier alpha value is -0.0400. The van der Waals surface area contributed by atoms with E-state index < -0.39 is 0 Å². The molecule has 0 saturated heterocycles. The van der Waals surface area contributed by atoms with Gasteiger partial charge in [0.25, 0.3) is 0 Å². The molecule has 0 N–H and O–H groups in total. The first-order valence-corrected chi connectivity index (χ1v) is 9.95. The minimum Gasteiger partial charge on any atom is -0.378 e. The van der Waals surface area contributed by atoms with E-state index in [1.807, 2.05) is 0 Å². The number of rotatable bonds is 8. The van der Waals surface area contributed by atoms with Crippen molar-refractivity contribution in [3.8, 4) is 0 Å². The van der Waals surface area contributed by atoms with Crippen molar-refractivity contribution in [3.63, 3.8) is 0 Å². The summed E-state index contributed by atoms with van der Waals surface area (Å²) < 4.78 is 6.17. The second kappa shape index (κ2) is 9.87. The standard InChI is InChI=1S/C20H38O/c1-3-5-6-15-21-20-10-7-9-19(16-20)18-13-11-17(8-4-2)12-14-18/h17-20H,3-16H2,1-2H3/t17-,18+,19-,20-/m1/s1. The molecule has 0 spiro atoms. The fourth-order valence-corrected chi connectivity index (χ4v) is 4.72. The van der Waals surface area contributed by atoms with Gasteiger partial charge in [0.2, 0.25) is 0 Å². The SMILES string of the molecule is CCCCCO[C@@H]1CCC[C@@H]([C@H]2CC[C@@H](CCC)CC2)C1. The highest BCUT2D eigenvalue weighted by molar-refractivity contribution is 4.82. The fraction of sp³-hybridized carbons (Fsp3) is 1.00. The second-order valence-corrected chi connectivity index (χ2v) is 7.70.